The van der Waals surface area contributed by atoms with Crippen molar-refractivity contribution in [3.8, 4) is 0 Å². The number of rotatable bonds is 5. The van der Waals surface area contributed by atoms with E-state index in [0.29, 0.717) is 5.41 Å². The van der Waals surface area contributed by atoms with Crippen molar-refractivity contribution < 1.29 is 5.11 Å². The van der Waals surface area contributed by atoms with E-state index in [4.69, 9.17) is 0 Å². The first-order chi connectivity index (χ1) is 7.05. The van der Waals surface area contributed by atoms with Crippen LogP contribution in [0.3, 0.4) is 0 Å². The Bertz CT molecular complexity index is 235. The van der Waals surface area contributed by atoms with Gasteiger partial charge in [-0.05, 0) is 30.1 Å². The molecule has 2 heteroatoms. The fourth-order valence-electron chi connectivity index (χ4n) is 3.06. The van der Waals surface area contributed by atoms with E-state index in [1.165, 1.54) is 13.1 Å². The number of β-amino-alcohol motifs (C(OH)–C–C–N with tert-alkyl or cyclic N) is 1. The molecule has 1 aliphatic carbocycles. The Hall–Kier alpha value is -0.340. The van der Waals surface area contributed by atoms with Crippen molar-refractivity contribution in [2.75, 3.05) is 19.6 Å². The van der Waals surface area contributed by atoms with Crippen LogP contribution in [0.4, 0.5) is 0 Å². The maximum Gasteiger partial charge on any atom is 0.0670 e. The molecule has 1 saturated heterocycles. The second-order valence-corrected chi connectivity index (χ2v) is 5.77. The van der Waals surface area contributed by atoms with Gasteiger partial charge in [0.2, 0.25) is 0 Å². The molecule has 2 nitrogen and oxygen atoms in total. The third-order valence-corrected chi connectivity index (χ3v) is 4.37. The van der Waals surface area contributed by atoms with Gasteiger partial charge in [-0.25, -0.2) is 0 Å². The first kappa shape index (κ1) is 11.2. The summed E-state index contributed by atoms with van der Waals surface area (Å²) in [7, 11) is 0. The van der Waals surface area contributed by atoms with E-state index in [-0.39, 0.29) is 6.10 Å². The van der Waals surface area contributed by atoms with Crippen LogP contribution in [0.5, 0.6) is 0 Å². The molecule has 1 heterocycles. The van der Waals surface area contributed by atoms with E-state index < -0.39 is 0 Å². The molecule has 0 amide bonds. The van der Waals surface area contributed by atoms with Crippen molar-refractivity contribution in [3.63, 3.8) is 0 Å². The van der Waals surface area contributed by atoms with Gasteiger partial charge in [-0.15, -0.1) is 6.58 Å². The number of aliphatic hydroxyl groups excluding tert-OH is 1. The van der Waals surface area contributed by atoms with Gasteiger partial charge >= 0.3 is 0 Å². The molecule has 1 aliphatic heterocycles. The normalized spacial score (nSPS) is 34.9. The summed E-state index contributed by atoms with van der Waals surface area (Å²) in [6, 6.07) is 0. The highest BCUT2D eigenvalue weighted by atomic mass is 16.3. The van der Waals surface area contributed by atoms with Crippen molar-refractivity contribution in [3.05, 3.63) is 12.7 Å². The van der Waals surface area contributed by atoms with Gasteiger partial charge in [0.05, 0.1) is 6.10 Å². The summed E-state index contributed by atoms with van der Waals surface area (Å²) in [5.41, 5.74) is 0.586. The zero-order valence-electron chi connectivity index (χ0n) is 9.95. The molecule has 3 unspecified atom stereocenters. The third kappa shape index (κ3) is 2.11. The molecule has 86 valence electrons. The van der Waals surface area contributed by atoms with Crippen molar-refractivity contribution in [2.24, 2.45) is 17.3 Å². The van der Waals surface area contributed by atoms with Crippen LogP contribution in [0.1, 0.15) is 26.7 Å². The summed E-state index contributed by atoms with van der Waals surface area (Å²) in [5.74, 6) is 1.79. The smallest absolute Gasteiger partial charge is 0.0670 e. The number of likely N-dealkylation sites (tertiary alicyclic amines) is 1. The lowest BCUT2D eigenvalue weighted by atomic mass is 10.1. The average Bonchev–Trinajstić information content (AvgIpc) is 2.59. The lowest BCUT2D eigenvalue weighted by molar-refractivity contribution is 0.106. The molecule has 2 rings (SSSR count). The Labute approximate surface area is 93.0 Å². The molecule has 2 fully saturated rings. The van der Waals surface area contributed by atoms with Crippen LogP contribution >= 0.6 is 0 Å². The summed E-state index contributed by atoms with van der Waals surface area (Å²) < 4.78 is 0. The lowest BCUT2D eigenvalue weighted by Crippen LogP contribution is -2.33. The predicted octanol–water partition coefficient (Wildman–Crippen LogP) is 1.90. The van der Waals surface area contributed by atoms with Gasteiger partial charge in [0.1, 0.15) is 0 Å². The molecule has 0 aromatic rings. The summed E-state index contributed by atoms with van der Waals surface area (Å²) in [5, 5.41) is 9.78. The number of allylic oxidation sites excluding steroid dienone is 1. The summed E-state index contributed by atoms with van der Waals surface area (Å²) in [6.07, 6.45) is 3.50. The standard InChI is InChI=1S/C13H23NO/c1-4-5-6-10(15)7-14-8-11-12(9-14)13(11,2)3/h4,10-12,15H,1,5-9H2,2-3H3. The van der Waals surface area contributed by atoms with Gasteiger partial charge in [0, 0.05) is 19.6 Å². The van der Waals surface area contributed by atoms with Gasteiger partial charge in [0.15, 0.2) is 0 Å². The molecule has 0 aromatic heterocycles. The van der Waals surface area contributed by atoms with Gasteiger partial charge in [-0.1, -0.05) is 19.9 Å². The minimum absolute atomic E-state index is 0.163. The van der Waals surface area contributed by atoms with E-state index in [1.807, 2.05) is 6.08 Å². The first-order valence-corrected chi connectivity index (χ1v) is 6.07. The molecule has 0 aromatic carbocycles. The molecule has 0 bridgehead atoms. The number of hydrogen-bond acceptors (Lipinski definition) is 2. The van der Waals surface area contributed by atoms with Gasteiger partial charge < -0.3 is 10.0 Å². The van der Waals surface area contributed by atoms with E-state index in [1.54, 1.807) is 0 Å². The summed E-state index contributed by atoms with van der Waals surface area (Å²) in [6.45, 7) is 11.7. The van der Waals surface area contributed by atoms with Gasteiger partial charge in [-0.3, -0.25) is 0 Å². The third-order valence-electron chi connectivity index (χ3n) is 4.37. The lowest BCUT2D eigenvalue weighted by Gasteiger charge is -2.24. The van der Waals surface area contributed by atoms with Crippen LogP contribution in [-0.4, -0.2) is 35.7 Å². The average molecular weight is 209 g/mol. The molecule has 1 saturated carbocycles. The predicted molar refractivity (Wildman–Crippen MR) is 62.6 cm³/mol. The van der Waals surface area contributed by atoms with Crippen LogP contribution in [-0.2, 0) is 0 Å². The van der Waals surface area contributed by atoms with E-state index >= 15 is 0 Å². The Morgan fingerprint density at radius 2 is 2.07 bits per heavy atom. The van der Waals surface area contributed by atoms with Gasteiger partial charge in [-0.2, -0.15) is 0 Å². The zero-order valence-corrected chi connectivity index (χ0v) is 9.95. The summed E-state index contributed by atoms with van der Waals surface area (Å²) in [4.78, 5) is 2.42. The Morgan fingerprint density at radius 3 is 2.60 bits per heavy atom. The van der Waals surface area contributed by atoms with Crippen LogP contribution in [0.25, 0.3) is 0 Å². The van der Waals surface area contributed by atoms with Crippen LogP contribution < -0.4 is 0 Å². The zero-order chi connectivity index (χ0) is 11.1. The number of aliphatic hydroxyl groups is 1. The maximum atomic E-state index is 9.78. The van der Waals surface area contributed by atoms with Crippen molar-refractivity contribution in [2.45, 2.75) is 32.8 Å². The Kier molecular flexibility index (Phi) is 2.91. The SMILES string of the molecule is C=CCCC(O)CN1CC2C(C1)C2(C)C. The summed E-state index contributed by atoms with van der Waals surface area (Å²) >= 11 is 0. The molecule has 15 heavy (non-hydrogen) atoms. The molecule has 3 atom stereocenters. The molecule has 2 aliphatic rings. The van der Waals surface area contributed by atoms with E-state index in [0.717, 1.165) is 31.2 Å². The molecular formula is C13H23NO. The fourth-order valence-corrected chi connectivity index (χ4v) is 3.06. The van der Waals surface area contributed by atoms with Crippen molar-refractivity contribution in [1.82, 2.24) is 4.90 Å². The first-order valence-electron chi connectivity index (χ1n) is 6.07. The quantitative estimate of drug-likeness (QED) is 0.699. The highest BCUT2D eigenvalue weighted by molar-refractivity contribution is 5.11. The highest BCUT2D eigenvalue weighted by Gasteiger charge is 2.61. The molecule has 1 N–H and O–H groups in total. The molecular weight excluding hydrogens is 186 g/mol. The molecule has 0 radical (unpaired) electrons. The second-order valence-electron chi connectivity index (χ2n) is 5.77. The minimum Gasteiger partial charge on any atom is -0.392 e. The Morgan fingerprint density at radius 1 is 1.47 bits per heavy atom. The largest absolute Gasteiger partial charge is 0.392 e. The molecule has 0 spiro atoms. The van der Waals surface area contributed by atoms with Gasteiger partial charge in [0.25, 0.3) is 0 Å². The maximum absolute atomic E-state index is 9.78. The van der Waals surface area contributed by atoms with Crippen molar-refractivity contribution >= 4 is 0 Å². The number of hydrogen-bond donors (Lipinski definition) is 1. The van der Waals surface area contributed by atoms with Crippen molar-refractivity contribution in [1.29, 1.82) is 0 Å². The Balaban J connectivity index is 1.69. The van der Waals surface area contributed by atoms with Crippen LogP contribution in [0.2, 0.25) is 0 Å². The van der Waals surface area contributed by atoms with E-state index in [9.17, 15) is 5.11 Å². The number of fused-ring (bicyclic) bond motifs is 1. The number of nitrogens with zero attached hydrogens (tertiary/aromatic N) is 1. The topological polar surface area (TPSA) is 23.5 Å². The minimum atomic E-state index is -0.163. The van der Waals surface area contributed by atoms with Crippen LogP contribution in [0, 0.1) is 17.3 Å². The second kappa shape index (κ2) is 3.91. The van der Waals surface area contributed by atoms with E-state index in [2.05, 4.69) is 25.3 Å². The fraction of sp³-hybridized carbons (Fsp3) is 0.846. The van der Waals surface area contributed by atoms with Crippen LogP contribution in [0.15, 0.2) is 12.7 Å². The highest BCUT2D eigenvalue weighted by Crippen LogP contribution is 2.61. The monoisotopic (exact) mass is 209 g/mol. The number of piperidine rings is 1.